The van der Waals surface area contributed by atoms with Crippen LogP contribution in [0.5, 0.6) is 5.75 Å². The Morgan fingerprint density at radius 2 is 1.97 bits per heavy atom. The molecular formula is C28H32FN5O. The molecule has 1 aromatic heterocycles. The van der Waals surface area contributed by atoms with Crippen molar-refractivity contribution in [1.82, 2.24) is 20.0 Å². The number of phenolic OH excluding ortho intramolecular Hbond substituents is 1. The molecule has 0 radical (unpaired) electrons. The van der Waals surface area contributed by atoms with Gasteiger partial charge in [-0.25, -0.2) is 4.39 Å². The normalized spacial score (nSPS) is 20.0. The lowest BCUT2D eigenvalue weighted by Gasteiger charge is -2.39. The highest BCUT2D eigenvalue weighted by atomic mass is 19.1. The van der Waals surface area contributed by atoms with Crippen molar-refractivity contribution >= 4 is 16.6 Å². The lowest BCUT2D eigenvalue weighted by molar-refractivity contribution is 0.125. The maximum absolute atomic E-state index is 14.1. The van der Waals surface area contributed by atoms with Gasteiger partial charge in [0, 0.05) is 43.1 Å². The minimum absolute atomic E-state index is 0.305. The molecule has 182 valence electrons. The van der Waals surface area contributed by atoms with Crippen LogP contribution in [0.4, 0.5) is 4.39 Å². The monoisotopic (exact) mass is 473 g/mol. The van der Waals surface area contributed by atoms with Gasteiger partial charge in [0.25, 0.3) is 0 Å². The molecule has 3 aliphatic rings. The van der Waals surface area contributed by atoms with Gasteiger partial charge in [-0.1, -0.05) is 13.0 Å². The Morgan fingerprint density at radius 1 is 1.14 bits per heavy atom. The van der Waals surface area contributed by atoms with Crippen LogP contribution in [-0.2, 0) is 6.42 Å². The number of H-pyrrole nitrogens is 1. The number of hydrogen-bond acceptors (Lipinski definition) is 5. The number of hydrogen-bond donors (Lipinski definition) is 2. The van der Waals surface area contributed by atoms with Gasteiger partial charge in [-0.3, -0.25) is 15.0 Å². The zero-order valence-corrected chi connectivity index (χ0v) is 20.4. The zero-order valence-electron chi connectivity index (χ0n) is 20.4. The first-order valence-corrected chi connectivity index (χ1v) is 12.7. The van der Waals surface area contributed by atoms with Crippen LogP contribution >= 0.6 is 0 Å². The van der Waals surface area contributed by atoms with E-state index in [0.29, 0.717) is 12.5 Å². The lowest BCUT2D eigenvalue weighted by atomic mass is 9.95. The van der Waals surface area contributed by atoms with E-state index >= 15 is 0 Å². The Hall–Kier alpha value is -3.03. The van der Waals surface area contributed by atoms with Gasteiger partial charge >= 0.3 is 0 Å². The van der Waals surface area contributed by atoms with Crippen LogP contribution in [0.15, 0.2) is 46.6 Å². The molecular weight excluding hydrogens is 441 g/mol. The quantitative estimate of drug-likeness (QED) is 0.567. The molecule has 1 fully saturated rings. The van der Waals surface area contributed by atoms with E-state index in [1.807, 2.05) is 19.1 Å². The summed E-state index contributed by atoms with van der Waals surface area (Å²) in [5.74, 6) is -0.908. The summed E-state index contributed by atoms with van der Waals surface area (Å²) in [6.45, 7) is 6.50. The van der Waals surface area contributed by atoms with Crippen LogP contribution in [0.2, 0.25) is 0 Å². The average Bonchev–Trinajstić information content (AvgIpc) is 3.48. The molecule has 0 atom stereocenters. The molecule has 3 aromatic rings. The van der Waals surface area contributed by atoms with Gasteiger partial charge in [-0.05, 0) is 85.9 Å². The van der Waals surface area contributed by atoms with Crippen molar-refractivity contribution in [2.45, 2.75) is 45.1 Å². The second-order valence-corrected chi connectivity index (χ2v) is 10.2. The Morgan fingerprint density at radius 3 is 2.77 bits per heavy atom. The third-order valence-electron chi connectivity index (χ3n) is 7.99. The largest absolute Gasteiger partial charge is 0.505 e. The Bertz CT molecular complexity index is 1350. The molecule has 0 spiro atoms. The van der Waals surface area contributed by atoms with Crippen LogP contribution < -0.4 is 0 Å². The standard InChI is InChI=1S/C28H32FN5O/c1-3-17-14-27(35)23(29)15-22(17)18-4-5-21-25(12-18)31-32-28(21)26-13-19-16-34(11-8-24(19)30-26)20-6-9-33(2)10-7-20/h4-5,12,14-15,20,35H,3,6-11,13,16H2,1-2H3,(H,31,32). The van der Waals surface area contributed by atoms with Crippen molar-refractivity contribution in [2.24, 2.45) is 4.99 Å². The molecule has 35 heavy (non-hydrogen) atoms. The van der Waals surface area contributed by atoms with Crippen molar-refractivity contribution in [3.8, 4) is 16.9 Å². The number of piperidine rings is 1. The number of aliphatic imine (C=N–C) groups is 1. The lowest BCUT2D eigenvalue weighted by Crippen LogP contribution is -2.46. The number of likely N-dealkylation sites (tertiary alicyclic amines) is 1. The van der Waals surface area contributed by atoms with Crippen LogP contribution in [0.3, 0.4) is 0 Å². The Labute approximate surface area is 205 Å². The van der Waals surface area contributed by atoms with E-state index in [1.165, 1.54) is 49.3 Å². The summed E-state index contributed by atoms with van der Waals surface area (Å²) in [7, 11) is 2.22. The maximum Gasteiger partial charge on any atom is 0.165 e. The number of fused-ring (bicyclic) bond motifs is 1. The van der Waals surface area contributed by atoms with Gasteiger partial charge in [0.05, 0.1) is 11.2 Å². The average molecular weight is 474 g/mol. The van der Waals surface area contributed by atoms with Crippen LogP contribution in [0.1, 0.15) is 43.9 Å². The van der Waals surface area contributed by atoms with Crippen LogP contribution in [0, 0.1) is 5.82 Å². The third kappa shape index (κ3) is 4.06. The maximum atomic E-state index is 14.1. The second-order valence-electron chi connectivity index (χ2n) is 10.2. The third-order valence-corrected chi connectivity index (χ3v) is 7.99. The molecule has 3 aliphatic heterocycles. The fraction of sp³-hybridized carbons (Fsp3) is 0.429. The van der Waals surface area contributed by atoms with Gasteiger partial charge < -0.3 is 10.0 Å². The molecule has 1 saturated heterocycles. The summed E-state index contributed by atoms with van der Waals surface area (Å²) < 4.78 is 14.1. The van der Waals surface area contributed by atoms with E-state index < -0.39 is 5.82 Å². The topological polar surface area (TPSA) is 67.8 Å². The fourth-order valence-electron chi connectivity index (χ4n) is 5.92. The number of nitrogens with zero attached hydrogens (tertiary/aromatic N) is 4. The number of aromatic hydroxyl groups is 1. The molecule has 0 aliphatic carbocycles. The summed E-state index contributed by atoms with van der Waals surface area (Å²) >= 11 is 0. The Balaban J connectivity index is 1.23. The molecule has 6 nitrogen and oxygen atoms in total. The highest BCUT2D eigenvalue weighted by Gasteiger charge is 2.31. The molecule has 0 unspecified atom stereocenters. The van der Waals surface area contributed by atoms with Gasteiger partial charge in [0.2, 0.25) is 0 Å². The zero-order chi connectivity index (χ0) is 24.1. The van der Waals surface area contributed by atoms with Crippen molar-refractivity contribution in [3.63, 3.8) is 0 Å². The van der Waals surface area contributed by atoms with Gasteiger partial charge in [-0.15, -0.1) is 0 Å². The number of aryl methyl sites for hydroxylation is 1. The number of aromatic nitrogens is 2. The number of aromatic amines is 1. The smallest absolute Gasteiger partial charge is 0.165 e. The van der Waals surface area contributed by atoms with E-state index in [1.54, 1.807) is 0 Å². The SMILES string of the molecule is CCc1cc(O)c(F)cc1-c1ccc2c(C3=NC4=C(C3)CN(C3CCN(C)CC3)CC4)n[nH]c2c1. The summed E-state index contributed by atoms with van der Waals surface area (Å²) in [5.41, 5.74) is 8.19. The first-order chi connectivity index (χ1) is 17.0. The highest BCUT2D eigenvalue weighted by Crippen LogP contribution is 2.35. The first-order valence-electron chi connectivity index (χ1n) is 12.7. The van der Waals surface area contributed by atoms with Crippen molar-refractivity contribution in [3.05, 3.63) is 58.7 Å². The summed E-state index contributed by atoms with van der Waals surface area (Å²) in [4.78, 5) is 10.1. The Kier molecular flexibility index (Phi) is 5.69. The van der Waals surface area contributed by atoms with E-state index in [2.05, 4.69) is 33.1 Å². The molecule has 0 bridgehead atoms. The number of nitrogens with one attached hydrogen (secondary N) is 1. The highest BCUT2D eigenvalue weighted by molar-refractivity contribution is 6.11. The summed E-state index contributed by atoms with van der Waals surface area (Å²) in [6.07, 6.45) is 5.10. The molecule has 0 amide bonds. The predicted molar refractivity (Wildman–Crippen MR) is 137 cm³/mol. The molecule has 2 aromatic carbocycles. The van der Waals surface area contributed by atoms with E-state index in [4.69, 9.17) is 4.99 Å². The minimum atomic E-state index is -0.603. The molecule has 0 saturated carbocycles. The van der Waals surface area contributed by atoms with E-state index in [9.17, 15) is 9.50 Å². The van der Waals surface area contributed by atoms with E-state index in [0.717, 1.165) is 64.9 Å². The number of rotatable bonds is 4. The van der Waals surface area contributed by atoms with Crippen molar-refractivity contribution in [1.29, 1.82) is 0 Å². The van der Waals surface area contributed by atoms with Crippen molar-refractivity contribution in [2.75, 3.05) is 33.2 Å². The minimum Gasteiger partial charge on any atom is -0.505 e. The molecule has 2 N–H and O–H groups in total. The molecule has 4 heterocycles. The van der Waals surface area contributed by atoms with Gasteiger partial charge in [-0.2, -0.15) is 5.10 Å². The summed E-state index contributed by atoms with van der Waals surface area (Å²) in [5, 5.41) is 18.6. The number of benzene rings is 2. The second kappa shape index (κ2) is 8.88. The molecule has 7 heteroatoms. The first kappa shape index (κ1) is 22.4. The van der Waals surface area contributed by atoms with Gasteiger partial charge in [0.1, 0.15) is 5.69 Å². The van der Waals surface area contributed by atoms with Crippen molar-refractivity contribution < 1.29 is 9.50 Å². The van der Waals surface area contributed by atoms with E-state index in [-0.39, 0.29) is 5.75 Å². The van der Waals surface area contributed by atoms with Crippen LogP contribution in [0.25, 0.3) is 22.0 Å². The van der Waals surface area contributed by atoms with Gasteiger partial charge in [0.15, 0.2) is 11.6 Å². The number of phenols is 1. The predicted octanol–water partition coefficient (Wildman–Crippen LogP) is 4.88. The molecule has 6 rings (SSSR count). The number of halogens is 1. The van der Waals surface area contributed by atoms with Crippen LogP contribution in [-0.4, -0.2) is 70.1 Å². The summed E-state index contributed by atoms with van der Waals surface area (Å²) in [6, 6.07) is 9.70. The fourth-order valence-corrected chi connectivity index (χ4v) is 5.92.